The molecular weight excluding hydrogens is 468 g/mol. The van der Waals surface area contributed by atoms with E-state index in [9.17, 15) is 39.3 Å². The van der Waals surface area contributed by atoms with Gasteiger partial charge < -0.3 is 35.8 Å². The summed E-state index contributed by atoms with van der Waals surface area (Å²) in [6, 6.07) is -0.912. The first-order chi connectivity index (χ1) is 16.6. The Hall–Kier alpha value is -3.23. The molecule has 6 atom stereocenters. The number of carbonyl (C=O) groups excluding carboxylic acids is 2. The average Bonchev–Trinajstić information content (AvgIpc) is 3.07. The minimum atomic E-state index is -1.88. The Bertz CT molecular complexity index is 993. The molecule has 14 nitrogen and oxygen atoms in total. The minimum Gasteiger partial charge on any atom is -0.480 e. The van der Waals surface area contributed by atoms with Crippen molar-refractivity contribution < 1.29 is 39.2 Å². The number of carboxylic acids is 1. The van der Waals surface area contributed by atoms with E-state index in [4.69, 9.17) is 15.2 Å². The number of aliphatic hydroxyl groups is 2. The molecule has 1 saturated heterocycles. The van der Waals surface area contributed by atoms with Gasteiger partial charge in [-0.05, 0) is 6.42 Å². The van der Waals surface area contributed by atoms with Crippen molar-refractivity contribution in [2.24, 2.45) is 5.73 Å². The number of carboxylic acid groups (broad SMARTS) is 1. The molecule has 35 heavy (non-hydrogen) atoms. The predicted molar refractivity (Wildman–Crippen MR) is 119 cm³/mol. The molecule has 1 aliphatic rings. The highest BCUT2D eigenvalue weighted by molar-refractivity contribution is 5.84. The number of nitrogens with two attached hydrogens (primary N) is 1. The maximum absolute atomic E-state index is 12.4. The molecule has 7 N–H and O–H groups in total. The number of rotatable bonds is 13. The van der Waals surface area contributed by atoms with E-state index in [0.717, 1.165) is 48.9 Å². The molecule has 0 saturated carbocycles. The molecule has 1 aromatic rings. The van der Waals surface area contributed by atoms with E-state index < -0.39 is 65.9 Å². The lowest BCUT2D eigenvalue weighted by atomic mass is 9.99. The van der Waals surface area contributed by atoms with Crippen molar-refractivity contribution in [2.45, 2.75) is 88.6 Å². The highest BCUT2D eigenvalue weighted by Crippen LogP contribution is 2.32. The van der Waals surface area contributed by atoms with Gasteiger partial charge in [-0.25, -0.2) is 14.4 Å². The van der Waals surface area contributed by atoms with Crippen LogP contribution in [0.4, 0.5) is 4.79 Å². The number of aliphatic carboxylic acids is 1. The van der Waals surface area contributed by atoms with E-state index in [0.29, 0.717) is 6.42 Å². The summed E-state index contributed by atoms with van der Waals surface area (Å²) in [5.74, 6) is -2.24. The molecule has 0 aromatic carbocycles. The molecule has 0 aliphatic carbocycles. The lowest BCUT2D eigenvalue weighted by molar-refractivity contribution is -0.152. The highest BCUT2D eigenvalue weighted by Gasteiger charge is 2.52. The number of ether oxygens (including phenoxy) is 2. The maximum atomic E-state index is 12.4. The Morgan fingerprint density at radius 1 is 1.17 bits per heavy atom. The second-order valence-electron chi connectivity index (χ2n) is 8.29. The minimum absolute atomic E-state index is 0.0191. The van der Waals surface area contributed by atoms with Crippen LogP contribution in [-0.4, -0.2) is 73.3 Å². The molecule has 0 spiro atoms. The molecule has 14 heteroatoms. The fraction of sp³-hybridized carbons (Fsp3) is 0.667. The van der Waals surface area contributed by atoms with Crippen molar-refractivity contribution in [3.63, 3.8) is 0 Å². The van der Waals surface area contributed by atoms with E-state index in [2.05, 4.69) is 12.2 Å². The standard InChI is InChI=1S/C21H32N4O10/c1-2-3-4-5-6-7-8-11(26)23-13(19(30)31)16(35-20(22)32)17-14(28)15(29)18(34-17)25-10-9-12(27)24-21(25)33/h9-10,13-18,28-29H,2-8H2,1H3,(H2,22,32)(H,23,26)(H,30,31)(H,24,27,33)/t13-,14-,15+,16-,17-,18+/m0/s1. The summed E-state index contributed by atoms with van der Waals surface area (Å²) in [6.07, 6.45) is -3.72. The molecule has 2 rings (SSSR count). The van der Waals surface area contributed by atoms with E-state index in [1.165, 1.54) is 0 Å². The summed E-state index contributed by atoms with van der Waals surface area (Å²) in [6.45, 7) is 2.08. The number of aromatic amines is 1. The Labute approximate surface area is 200 Å². The van der Waals surface area contributed by atoms with Gasteiger partial charge in [-0.3, -0.25) is 19.1 Å². The Balaban J connectivity index is 2.18. The molecule has 0 unspecified atom stereocenters. The summed E-state index contributed by atoms with van der Waals surface area (Å²) < 4.78 is 11.1. The molecular formula is C21H32N4O10. The molecule has 0 radical (unpaired) electrons. The lowest BCUT2D eigenvalue weighted by Gasteiger charge is -2.30. The van der Waals surface area contributed by atoms with Gasteiger partial charge in [0.25, 0.3) is 5.56 Å². The number of nitrogens with zero attached hydrogens (tertiary/aromatic N) is 1. The predicted octanol–water partition coefficient (Wildman–Crippen LogP) is -1.06. The van der Waals surface area contributed by atoms with Crippen LogP contribution >= 0.6 is 0 Å². The number of primary amides is 1. The summed E-state index contributed by atoms with van der Waals surface area (Å²) in [5.41, 5.74) is 3.39. The van der Waals surface area contributed by atoms with Crippen LogP contribution in [0.5, 0.6) is 0 Å². The Morgan fingerprint density at radius 3 is 2.43 bits per heavy atom. The van der Waals surface area contributed by atoms with Gasteiger partial charge in [0.05, 0.1) is 0 Å². The van der Waals surface area contributed by atoms with Crippen LogP contribution in [0.15, 0.2) is 21.9 Å². The first kappa shape index (κ1) is 28.0. The number of H-pyrrole nitrogens is 1. The number of hydrogen-bond acceptors (Lipinski definition) is 9. The molecule has 1 fully saturated rings. The zero-order chi connectivity index (χ0) is 26.1. The fourth-order valence-corrected chi connectivity index (χ4v) is 3.87. The Morgan fingerprint density at radius 2 is 1.83 bits per heavy atom. The largest absolute Gasteiger partial charge is 0.480 e. The van der Waals surface area contributed by atoms with Crippen LogP contribution in [0.3, 0.4) is 0 Å². The third kappa shape index (κ3) is 7.63. The maximum Gasteiger partial charge on any atom is 0.404 e. The molecule has 2 amide bonds. The smallest absolute Gasteiger partial charge is 0.404 e. The quantitative estimate of drug-likeness (QED) is 0.180. The van der Waals surface area contributed by atoms with Gasteiger partial charge in [0.15, 0.2) is 18.4 Å². The van der Waals surface area contributed by atoms with Crippen molar-refractivity contribution in [1.29, 1.82) is 0 Å². The second kappa shape index (κ2) is 13.0. The van der Waals surface area contributed by atoms with E-state index >= 15 is 0 Å². The van der Waals surface area contributed by atoms with Gasteiger partial charge in [-0.2, -0.15) is 0 Å². The third-order valence-corrected chi connectivity index (χ3v) is 5.65. The number of nitrogens with one attached hydrogen (secondary N) is 2. The van der Waals surface area contributed by atoms with Crippen LogP contribution in [0, 0.1) is 0 Å². The molecule has 1 aliphatic heterocycles. The van der Waals surface area contributed by atoms with Crippen molar-refractivity contribution in [3.05, 3.63) is 33.1 Å². The van der Waals surface area contributed by atoms with Crippen LogP contribution in [0.2, 0.25) is 0 Å². The van der Waals surface area contributed by atoms with Gasteiger partial charge >= 0.3 is 17.8 Å². The zero-order valence-corrected chi connectivity index (χ0v) is 19.3. The Kier molecular flexibility index (Phi) is 10.4. The van der Waals surface area contributed by atoms with Crippen molar-refractivity contribution in [2.75, 3.05) is 0 Å². The van der Waals surface area contributed by atoms with Crippen molar-refractivity contribution >= 4 is 18.0 Å². The van der Waals surface area contributed by atoms with Gasteiger partial charge in [-0.1, -0.05) is 39.0 Å². The molecule has 2 heterocycles. The van der Waals surface area contributed by atoms with Gasteiger partial charge in [0.1, 0.15) is 18.3 Å². The number of unbranched alkanes of at least 4 members (excludes halogenated alkanes) is 5. The number of amides is 2. The fourth-order valence-electron chi connectivity index (χ4n) is 3.87. The normalized spacial score (nSPS) is 23.4. The monoisotopic (exact) mass is 500 g/mol. The van der Waals surface area contributed by atoms with E-state index in [1.807, 2.05) is 4.98 Å². The van der Waals surface area contributed by atoms with Crippen LogP contribution in [-0.2, 0) is 19.1 Å². The third-order valence-electron chi connectivity index (χ3n) is 5.65. The molecule has 0 bridgehead atoms. The summed E-state index contributed by atoms with van der Waals surface area (Å²) in [7, 11) is 0. The van der Waals surface area contributed by atoms with Crippen molar-refractivity contribution in [3.8, 4) is 0 Å². The van der Waals surface area contributed by atoms with Crippen LogP contribution < -0.4 is 22.3 Å². The van der Waals surface area contributed by atoms with Gasteiger partial charge in [0.2, 0.25) is 5.91 Å². The van der Waals surface area contributed by atoms with Crippen molar-refractivity contribution in [1.82, 2.24) is 14.9 Å². The SMILES string of the molecule is CCCCCCCCC(=O)N[C@H](C(=O)O)[C@H](OC(N)=O)[C@H]1O[C@@H](n2ccc(=O)[nH]c2=O)[C@H](O)[C@@H]1O. The van der Waals surface area contributed by atoms with E-state index in [1.54, 1.807) is 0 Å². The lowest BCUT2D eigenvalue weighted by Crippen LogP contribution is -2.57. The number of aliphatic hydroxyl groups excluding tert-OH is 2. The van der Waals surface area contributed by atoms with E-state index in [-0.39, 0.29) is 6.42 Å². The highest BCUT2D eigenvalue weighted by atomic mass is 16.6. The molecule has 1 aromatic heterocycles. The summed E-state index contributed by atoms with van der Waals surface area (Å²) in [4.78, 5) is 61.2. The number of carbonyl (C=O) groups is 3. The first-order valence-electron chi connectivity index (χ1n) is 11.4. The zero-order valence-electron chi connectivity index (χ0n) is 19.3. The topological polar surface area (TPSA) is 223 Å². The second-order valence-corrected chi connectivity index (χ2v) is 8.29. The van der Waals surface area contributed by atoms with Crippen LogP contribution in [0.1, 0.15) is 58.1 Å². The molecule has 196 valence electrons. The van der Waals surface area contributed by atoms with Gasteiger partial charge in [-0.15, -0.1) is 0 Å². The summed E-state index contributed by atoms with van der Waals surface area (Å²) >= 11 is 0. The first-order valence-corrected chi connectivity index (χ1v) is 11.4. The average molecular weight is 501 g/mol. The number of hydrogen-bond donors (Lipinski definition) is 6. The van der Waals surface area contributed by atoms with Crippen LogP contribution in [0.25, 0.3) is 0 Å². The number of aromatic nitrogens is 2. The summed E-state index contributed by atoms with van der Waals surface area (Å²) in [5, 5.41) is 32.9. The van der Waals surface area contributed by atoms with Gasteiger partial charge in [0, 0.05) is 18.7 Å².